The summed E-state index contributed by atoms with van der Waals surface area (Å²) in [6.07, 6.45) is 2.06. The zero-order chi connectivity index (χ0) is 17.6. The third-order valence-corrected chi connectivity index (χ3v) is 5.38. The predicted octanol–water partition coefficient (Wildman–Crippen LogP) is 4.71. The van der Waals surface area contributed by atoms with E-state index >= 15 is 0 Å². The van der Waals surface area contributed by atoms with Crippen molar-refractivity contribution in [3.8, 4) is 0 Å². The highest BCUT2D eigenvalue weighted by Gasteiger charge is 2.07. The van der Waals surface area contributed by atoms with E-state index in [1.54, 1.807) is 11.3 Å². The molecule has 4 heteroatoms. The molecule has 0 atom stereocenters. The molecule has 0 saturated carbocycles. The molecule has 0 saturated heterocycles. The van der Waals surface area contributed by atoms with Crippen molar-refractivity contribution in [2.75, 3.05) is 6.54 Å². The highest BCUT2D eigenvalue weighted by atomic mass is 32.1. The normalized spacial score (nSPS) is 11.2. The zero-order valence-corrected chi connectivity index (χ0v) is 15.6. The molecule has 0 aliphatic heterocycles. The van der Waals surface area contributed by atoms with Crippen molar-refractivity contribution in [1.82, 2.24) is 10.3 Å². The summed E-state index contributed by atoms with van der Waals surface area (Å²) in [4.78, 5) is 16.6. The minimum atomic E-state index is 0.0954. The van der Waals surface area contributed by atoms with E-state index in [9.17, 15) is 4.79 Å². The van der Waals surface area contributed by atoms with Crippen molar-refractivity contribution >= 4 is 27.5 Å². The van der Waals surface area contributed by atoms with Crippen LogP contribution in [-0.4, -0.2) is 17.4 Å². The van der Waals surface area contributed by atoms with Gasteiger partial charge in [-0.3, -0.25) is 4.79 Å². The minimum Gasteiger partial charge on any atom is -0.356 e. The molecule has 0 aliphatic carbocycles. The van der Waals surface area contributed by atoms with E-state index in [0.29, 0.717) is 25.3 Å². The van der Waals surface area contributed by atoms with E-state index in [2.05, 4.69) is 54.5 Å². The first kappa shape index (κ1) is 17.6. The van der Waals surface area contributed by atoms with Crippen LogP contribution < -0.4 is 5.32 Å². The summed E-state index contributed by atoms with van der Waals surface area (Å²) >= 11 is 1.67. The van der Waals surface area contributed by atoms with Crippen LogP contribution in [0.5, 0.6) is 0 Å². The van der Waals surface area contributed by atoms with Crippen molar-refractivity contribution in [2.24, 2.45) is 0 Å². The maximum absolute atomic E-state index is 12.0. The number of fused-ring (bicyclic) bond motifs is 1. The fraction of sp³-hybridized carbons (Fsp3) is 0.333. The summed E-state index contributed by atoms with van der Waals surface area (Å²) in [6, 6.07) is 16.8. The van der Waals surface area contributed by atoms with Crippen LogP contribution in [0.1, 0.15) is 42.3 Å². The summed E-state index contributed by atoms with van der Waals surface area (Å²) in [5.74, 6) is 0.648. The fourth-order valence-corrected chi connectivity index (χ4v) is 3.72. The number of aryl methyl sites for hydroxylation is 1. The summed E-state index contributed by atoms with van der Waals surface area (Å²) in [7, 11) is 0. The Bertz CT molecular complexity index is 803. The van der Waals surface area contributed by atoms with E-state index in [-0.39, 0.29) is 5.91 Å². The second kappa shape index (κ2) is 8.26. The Morgan fingerprint density at radius 2 is 1.84 bits per heavy atom. The molecule has 0 radical (unpaired) electrons. The van der Waals surface area contributed by atoms with Crippen LogP contribution in [0.15, 0.2) is 48.5 Å². The van der Waals surface area contributed by atoms with Crippen LogP contribution in [0.25, 0.3) is 10.2 Å². The maximum Gasteiger partial charge on any atom is 0.220 e. The molecule has 1 heterocycles. The highest BCUT2D eigenvalue weighted by molar-refractivity contribution is 7.18. The number of nitrogens with zero attached hydrogens (tertiary/aromatic N) is 1. The van der Waals surface area contributed by atoms with Crippen molar-refractivity contribution in [2.45, 2.75) is 39.0 Å². The second-order valence-electron chi connectivity index (χ2n) is 6.57. The topological polar surface area (TPSA) is 42.0 Å². The minimum absolute atomic E-state index is 0.0954. The molecule has 0 aliphatic rings. The average Bonchev–Trinajstić information content (AvgIpc) is 3.03. The number of hydrogen-bond acceptors (Lipinski definition) is 3. The molecule has 3 nitrogen and oxygen atoms in total. The van der Waals surface area contributed by atoms with Crippen molar-refractivity contribution in [3.05, 3.63) is 64.7 Å². The zero-order valence-electron chi connectivity index (χ0n) is 14.8. The van der Waals surface area contributed by atoms with Gasteiger partial charge in [0.2, 0.25) is 5.91 Å². The highest BCUT2D eigenvalue weighted by Crippen LogP contribution is 2.22. The van der Waals surface area contributed by atoms with Crippen molar-refractivity contribution in [3.63, 3.8) is 0 Å². The largest absolute Gasteiger partial charge is 0.356 e. The predicted molar refractivity (Wildman–Crippen MR) is 105 cm³/mol. The molecule has 25 heavy (non-hydrogen) atoms. The number of thiazole rings is 1. The first-order valence-corrected chi connectivity index (χ1v) is 9.63. The van der Waals surface area contributed by atoms with Gasteiger partial charge in [0.1, 0.15) is 0 Å². The van der Waals surface area contributed by atoms with Crippen LogP contribution >= 0.6 is 11.3 Å². The number of aromatic nitrogens is 1. The smallest absolute Gasteiger partial charge is 0.220 e. The third kappa shape index (κ3) is 4.89. The van der Waals surface area contributed by atoms with Crippen molar-refractivity contribution in [1.29, 1.82) is 0 Å². The Kier molecular flexibility index (Phi) is 5.82. The van der Waals surface area contributed by atoms with Crippen LogP contribution in [0.2, 0.25) is 0 Å². The molecule has 1 N–H and O–H groups in total. The number of hydrogen-bond donors (Lipinski definition) is 1. The lowest BCUT2D eigenvalue weighted by atomic mass is 10.0. The first-order chi connectivity index (χ1) is 12.1. The Labute approximate surface area is 153 Å². The lowest BCUT2D eigenvalue weighted by molar-refractivity contribution is -0.121. The van der Waals surface area contributed by atoms with Gasteiger partial charge in [0.25, 0.3) is 0 Å². The van der Waals surface area contributed by atoms with Crippen LogP contribution in [-0.2, 0) is 17.6 Å². The van der Waals surface area contributed by atoms with Crippen LogP contribution in [0.3, 0.4) is 0 Å². The standard InChI is InChI=1S/C21H24N2OS/c1-15(2)17-9-7-16(8-10-17)13-14-22-20(24)11-12-21-23-18-5-3-4-6-19(18)25-21/h3-10,15H,11-14H2,1-2H3,(H,22,24). The third-order valence-electron chi connectivity index (χ3n) is 4.29. The molecule has 0 unspecified atom stereocenters. The number of carbonyl (C=O) groups excluding carboxylic acids is 1. The molecule has 3 aromatic rings. The molecule has 1 amide bonds. The van der Waals surface area contributed by atoms with Gasteiger partial charge < -0.3 is 5.32 Å². The average molecular weight is 353 g/mol. The molecular formula is C21H24N2OS. The fourth-order valence-electron chi connectivity index (χ4n) is 2.75. The molecule has 0 bridgehead atoms. The number of para-hydroxylation sites is 1. The van der Waals surface area contributed by atoms with Gasteiger partial charge in [-0.05, 0) is 35.6 Å². The monoisotopic (exact) mass is 352 g/mol. The molecule has 0 spiro atoms. The lowest BCUT2D eigenvalue weighted by Crippen LogP contribution is -2.25. The van der Waals surface area contributed by atoms with Gasteiger partial charge >= 0.3 is 0 Å². The molecule has 2 aromatic carbocycles. The van der Waals surface area contributed by atoms with Gasteiger partial charge in [0, 0.05) is 19.4 Å². The van der Waals surface area contributed by atoms with Crippen molar-refractivity contribution < 1.29 is 4.79 Å². The quantitative estimate of drug-likeness (QED) is 0.669. The molecule has 1 aromatic heterocycles. The van der Waals surface area contributed by atoms with E-state index in [4.69, 9.17) is 0 Å². The summed E-state index contributed by atoms with van der Waals surface area (Å²) in [5, 5.41) is 4.04. The SMILES string of the molecule is CC(C)c1ccc(CCNC(=O)CCc2nc3ccccc3s2)cc1. The van der Waals surface area contributed by atoms with Gasteiger partial charge in [-0.15, -0.1) is 11.3 Å². The summed E-state index contributed by atoms with van der Waals surface area (Å²) in [5.41, 5.74) is 3.63. The van der Waals surface area contributed by atoms with Gasteiger partial charge in [-0.2, -0.15) is 0 Å². The molecule has 3 rings (SSSR count). The summed E-state index contributed by atoms with van der Waals surface area (Å²) < 4.78 is 1.18. The van der Waals surface area contributed by atoms with E-state index in [1.165, 1.54) is 15.8 Å². The van der Waals surface area contributed by atoms with Gasteiger partial charge in [-0.1, -0.05) is 50.2 Å². The number of amides is 1. The second-order valence-corrected chi connectivity index (χ2v) is 7.69. The van der Waals surface area contributed by atoms with Gasteiger partial charge in [0.05, 0.1) is 15.2 Å². The molecule has 0 fully saturated rings. The van der Waals surface area contributed by atoms with E-state index in [0.717, 1.165) is 16.9 Å². The summed E-state index contributed by atoms with van der Waals surface area (Å²) in [6.45, 7) is 5.07. The Balaban J connectivity index is 1.42. The number of rotatable bonds is 7. The molecular weight excluding hydrogens is 328 g/mol. The van der Waals surface area contributed by atoms with Crippen LogP contribution in [0, 0.1) is 0 Å². The Morgan fingerprint density at radius 1 is 1.08 bits per heavy atom. The van der Waals surface area contributed by atoms with Crippen LogP contribution in [0.4, 0.5) is 0 Å². The van der Waals surface area contributed by atoms with E-state index < -0.39 is 0 Å². The number of benzene rings is 2. The van der Waals surface area contributed by atoms with Gasteiger partial charge in [0.15, 0.2) is 0 Å². The first-order valence-electron chi connectivity index (χ1n) is 8.82. The Morgan fingerprint density at radius 3 is 2.56 bits per heavy atom. The Hall–Kier alpha value is -2.20. The lowest BCUT2D eigenvalue weighted by Gasteiger charge is -2.08. The number of nitrogens with one attached hydrogen (secondary N) is 1. The van der Waals surface area contributed by atoms with E-state index in [1.807, 2.05) is 18.2 Å². The maximum atomic E-state index is 12.0. The molecule has 130 valence electrons. The number of carbonyl (C=O) groups is 1. The van der Waals surface area contributed by atoms with Gasteiger partial charge in [-0.25, -0.2) is 4.98 Å².